The molecule has 0 radical (unpaired) electrons. The highest BCUT2D eigenvalue weighted by Crippen LogP contribution is 2.23. The number of hydrogen-bond acceptors (Lipinski definition) is 2. The topological polar surface area (TPSA) is 46.3 Å². The van der Waals surface area contributed by atoms with E-state index in [1.807, 2.05) is 11.0 Å². The van der Waals surface area contributed by atoms with Gasteiger partial charge < -0.3 is 10.6 Å². The third-order valence-electron chi connectivity index (χ3n) is 3.32. The van der Waals surface area contributed by atoms with Gasteiger partial charge in [0.1, 0.15) is 0 Å². The Morgan fingerprint density at radius 2 is 2.29 bits per heavy atom. The molecule has 0 aliphatic carbocycles. The molecule has 1 atom stereocenters. The Kier molecular flexibility index (Phi) is 3.72. The van der Waals surface area contributed by atoms with Gasteiger partial charge in [0, 0.05) is 28.8 Å². The van der Waals surface area contributed by atoms with E-state index in [4.69, 9.17) is 5.73 Å². The number of rotatable bonds is 2. The van der Waals surface area contributed by atoms with Crippen molar-refractivity contribution in [3.63, 3.8) is 0 Å². The van der Waals surface area contributed by atoms with Crippen LogP contribution in [0.15, 0.2) is 22.7 Å². The predicted octanol–water partition coefficient (Wildman–Crippen LogP) is 2.90. The van der Waals surface area contributed by atoms with Crippen LogP contribution in [0.25, 0.3) is 0 Å². The van der Waals surface area contributed by atoms with E-state index in [9.17, 15) is 4.79 Å². The van der Waals surface area contributed by atoms with Gasteiger partial charge in [0.05, 0.1) is 0 Å². The van der Waals surface area contributed by atoms with Crippen molar-refractivity contribution in [2.75, 3.05) is 18.8 Å². The first-order valence-electron chi connectivity index (χ1n) is 5.95. The van der Waals surface area contributed by atoms with Crippen molar-refractivity contribution in [1.82, 2.24) is 4.90 Å². The van der Waals surface area contributed by atoms with E-state index in [0.717, 1.165) is 30.4 Å². The molecule has 1 aliphatic rings. The first-order chi connectivity index (χ1) is 8.10. The largest absolute Gasteiger partial charge is 0.399 e. The number of carbonyl (C=O) groups excluding carboxylic acids is 1. The van der Waals surface area contributed by atoms with Gasteiger partial charge in [0.25, 0.3) is 5.91 Å². The normalized spacial score (nSPS) is 19.6. The minimum absolute atomic E-state index is 0.0916. The lowest BCUT2D eigenvalue weighted by molar-refractivity contribution is 0.0787. The molecular weight excluding hydrogens is 280 g/mol. The first kappa shape index (κ1) is 12.4. The van der Waals surface area contributed by atoms with Gasteiger partial charge in [-0.1, -0.05) is 29.3 Å². The van der Waals surface area contributed by atoms with Crippen LogP contribution in [0.1, 0.15) is 30.1 Å². The number of nitrogens with zero attached hydrogens (tertiary/aromatic N) is 1. The lowest BCUT2D eigenvalue weighted by Gasteiger charge is -2.16. The van der Waals surface area contributed by atoms with Crippen molar-refractivity contribution in [2.24, 2.45) is 5.92 Å². The summed E-state index contributed by atoms with van der Waals surface area (Å²) in [6.07, 6.45) is 2.26. The summed E-state index contributed by atoms with van der Waals surface area (Å²) in [6, 6.07) is 5.37. The summed E-state index contributed by atoms with van der Waals surface area (Å²) in [4.78, 5) is 14.2. The molecule has 1 amide bonds. The molecule has 1 unspecified atom stereocenters. The van der Waals surface area contributed by atoms with Crippen LogP contribution < -0.4 is 5.73 Å². The molecule has 3 nitrogen and oxygen atoms in total. The molecule has 4 heteroatoms. The zero-order valence-corrected chi connectivity index (χ0v) is 11.5. The van der Waals surface area contributed by atoms with E-state index in [0.29, 0.717) is 17.2 Å². The predicted molar refractivity (Wildman–Crippen MR) is 72.9 cm³/mol. The van der Waals surface area contributed by atoms with Crippen LogP contribution in [0.4, 0.5) is 5.69 Å². The highest BCUT2D eigenvalue weighted by Gasteiger charge is 2.25. The van der Waals surface area contributed by atoms with E-state index in [1.54, 1.807) is 12.1 Å². The Balaban J connectivity index is 2.14. The molecule has 17 heavy (non-hydrogen) atoms. The van der Waals surface area contributed by atoms with Crippen LogP contribution in [-0.4, -0.2) is 23.9 Å². The van der Waals surface area contributed by atoms with Gasteiger partial charge in [-0.15, -0.1) is 0 Å². The second-order valence-corrected chi connectivity index (χ2v) is 5.50. The van der Waals surface area contributed by atoms with Crippen LogP contribution in [0.2, 0.25) is 0 Å². The Labute approximate surface area is 110 Å². The standard InChI is InChI=1S/C13H17BrN2O/c1-2-9-3-4-16(8-9)13(17)10-5-11(14)7-12(15)6-10/h5-7,9H,2-4,8,15H2,1H3. The molecule has 1 heterocycles. The number of anilines is 1. The fourth-order valence-corrected chi connectivity index (χ4v) is 2.78. The molecular formula is C13H17BrN2O. The molecule has 0 aromatic heterocycles. The van der Waals surface area contributed by atoms with Crippen LogP contribution >= 0.6 is 15.9 Å². The minimum atomic E-state index is 0.0916. The molecule has 1 saturated heterocycles. The fourth-order valence-electron chi connectivity index (χ4n) is 2.27. The quantitative estimate of drug-likeness (QED) is 0.853. The molecule has 2 rings (SSSR count). The summed E-state index contributed by atoms with van der Waals surface area (Å²) in [5.74, 6) is 0.748. The van der Waals surface area contributed by atoms with Gasteiger partial charge in [-0.2, -0.15) is 0 Å². The van der Waals surface area contributed by atoms with Gasteiger partial charge in [0.2, 0.25) is 0 Å². The maximum Gasteiger partial charge on any atom is 0.253 e. The lowest BCUT2D eigenvalue weighted by Crippen LogP contribution is -2.28. The second-order valence-electron chi connectivity index (χ2n) is 4.59. The van der Waals surface area contributed by atoms with E-state index in [-0.39, 0.29) is 5.91 Å². The lowest BCUT2D eigenvalue weighted by atomic mass is 10.1. The summed E-state index contributed by atoms with van der Waals surface area (Å²) in [5, 5.41) is 0. The summed E-state index contributed by atoms with van der Waals surface area (Å²) in [5.41, 5.74) is 7.04. The average molecular weight is 297 g/mol. The zero-order valence-electron chi connectivity index (χ0n) is 9.95. The number of benzene rings is 1. The number of likely N-dealkylation sites (tertiary alicyclic amines) is 1. The summed E-state index contributed by atoms with van der Waals surface area (Å²) >= 11 is 3.36. The van der Waals surface area contributed by atoms with Crippen molar-refractivity contribution in [3.8, 4) is 0 Å². The van der Waals surface area contributed by atoms with Crippen molar-refractivity contribution >= 4 is 27.5 Å². The zero-order chi connectivity index (χ0) is 12.4. The van der Waals surface area contributed by atoms with E-state index in [1.165, 1.54) is 0 Å². The molecule has 0 spiro atoms. The maximum atomic E-state index is 12.3. The van der Waals surface area contributed by atoms with E-state index >= 15 is 0 Å². The van der Waals surface area contributed by atoms with Gasteiger partial charge in [-0.25, -0.2) is 0 Å². The maximum absolute atomic E-state index is 12.3. The number of halogens is 1. The Morgan fingerprint density at radius 1 is 1.53 bits per heavy atom. The third kappa shape index (κ3) is 2.80. The van der Waals surface area contributed by atoms with Gasteiger partial charge in [0.15, 0.2) is 0 Å². The van der Waals surface area contributed by atoms with Crippen LogP contribution in [0.5, 0.6) is 0 Å². The monoisotopic (exact) mass is 296 g/mol. The van der Waals surface area contributed by atoms with Crippen molar-refractivity contribution in [2.45, 2.75) is 19.8 Å². The SMILES string of the molecule is CCC1CCN(C(=O)c2cc(N)cc(Br)c2)C1. The van der Waals surface area contributed by atoms with Crippen molar-refractivity contribution < 1.29 is 4.79 Å². The molecule has 2 N–H and O–H groups in total. The van der Waals surface area contributed by atoms with Crippen molar-refractivity contribution in [1.29, 1.82) is 0 Å². The molecule has 1 aliphatic heterocycles. The first-order valence-corrected chi connectivity index (χ1v) is 6.74. The summed E-state index contributed by atoms with van der Waals surface area (Å²) < 4.78 is 0.854. The van der Waals surface area contributed by atoms with E-state index < -0.39 is 0 Å². The average Bonchev–Trinajstić information content (AvgIpc) is 2.75. The fraction of sp³-hybridized carbons (Fsp3) is 0.462. The van der Waals surface area contributed by atoms with Gasteiger partial charge >= 0.3 is 0 Å². The molecule has 92 valence electrons. The third-order valence-corrected chi connectivity index (χ3v) is 3.78. The smallest absolute Gasteiger partial charge is 0.253 e. The van der Waals surface area contributed by atoms with Gasteiger partial charge in [-0.05, 0) is 30.5 Å². The number of nitrogens with two attached hydrogens (primary N) is 1. The highest BCUT2D eigenvalue weighted by molar-refractivity contribution is 9.10. The molecule has 0 saturated carbocycles. The van der Waals surface area contributed by atoms with Crippen molar-refractivity contribution in [3.05, 3.63) is 28.2 Å². The van der Waals surface area contributed by atoms with Crippen LogP contribution in [0, 0.1) is 5.92 Å². The molecule has 1 aromatic carbocycles. The summed E-state index contributed by atoms with van der Waals surface area (Å²) in [6.45, 7) is 3.92. The number of amides is 1. The van der Waals surface area contributed by atoms with Crippen LogP contribution in [0.3, 0.4) is 0 Å². The minimum Gasteiger partial charge on any atom is -0.399 e. The van der Waals surface area contributed by atoms with E-state index in [2.05, 4.69) is 22.9 Å². The Bertz CT molecular complexity index is 413. The molecule has 1 aromatic rings. The Morgan fingerprint density at radius 3 is 2.88 bits per heavy atom. The van der Waals surface area contributed by atoms with Crippen LogP contribution in [-0.2, 0) is 0 Å². The van der Waals surface area contributed by atoms with Gasteiger partial charge in [-0.3, -0.25) is 4.79 Å². The Hall–Kier alpha value is -1.03. The molecule has 0 bridgehead atoms. The number of nitrogen functional groups attached to an aromatic ring is 1. The number of carbonyl (C=O) groups is 1. The highest BCUT2D eigenvalue weighted by atomic mass is 79.9. The molecule has 1 fully saturated rings. The number of hydrogen-bond donors (Lipinski definition) is 1. The second kappa shape index (κ2) is 5.08. The summed E-state index contributed by atoms with van der Waals surface area (Å²) in [7, 11) is 0.